The fourth-order valence-electron chi connectivity index (χ4n) is 3.01. The van der Waals surface area contributed by atoms with Crippen LogP contribution in [-0.2, 0) is 16.0 Å². The number of imide groups is 1. The maximum Gasteiger partial charge on any atom is 0.326 e. The number of rotatable bonds is 6. The number of aromatic hydroxyl groups is 2. The number of hydrogen-bond acceptors (Lipinski definition) is 7. The molecule has 0 saturated heterocycles. The van der Waals surface area contributed by atoms with Gasteiger partial charge in [-0.15, -0.1) is 0 Å². The van der Waals surface area contributed by atoms with Gasteiger partial charge in [-0.1, -0.05) is 18.2 Å². The van der Waals surface area contributed by atoms with Crippen LogP contribution in [0.1, 0.15) is 33.2 Å². The van der Waals surface area contributed by atoms with E-state index in [1.807, 2.05) is 0 Å². The molecule has 8 heteroatoms. The lowest BCUT2D eigenvalue weighted by atomic mass is 9.94. The minimum absolute atomic E-state index is 0.0622. The molecule has 28 heavy (non-hydrogen) atoms. The van der Waals surface area contributed by atoms with Crippen LogP contribution < -0.4 is 5.73 Å². The van der Waals surface area contributed by atoms with E-state index in [2.05, 4.69) is 0 Å². The zero-order chi connectivity index (χ0) is 20.5. The van der Waals surface area contributed by atoms with Crippen LogP contribution in [0.4, 0.5) is 0 Å². The Hall–Kier alpha value is -3.39. The molecule has 1 aliphatic heterocycles. The lowest BCUT2D eigenvalue weighted by Crippen LogP contribution is -2.48. The predicted molar refractivity (Wildman–Crippen MR) is 98.8 cm³/mol. The third kappa shape index (κ3) is 3.67. The summed E-state index contributed by atoms with van der Waals surface area (Å²) in [6.45, 7) is 1.22. The summed E-state index contributed by atoms with van der Waals surface area (Å²) in [5.74, 6) is -2.14. The molecule has 4 N–H and O–H groups in total. The second-order valence-electron chi connectivity index (χ2n) is 6.86. The largest absolute Gasteiger partial charge is 0.504 e. The van der Waals surface area contributed by atoms with Gasteiger partial charge in [0.15, 0.2) is 11.5 Å². The molecule has 0 bridgehead atoms. The zero-order valence-corrected chi connectivity index (χ0v) is 15.2. The standard InChI is InChI=1S/C20H20N2O6/c1-20(21,11-12-6-7-15(23)16(24)10-12)19(27)28-9-8-22-17(25)13-4-2-3-5-14(13)18(22)26/h2-7,10,23-24H,8-9,11,21H2,1H3/t20-/m0/s1. The SMILES string of the molecule is C[C@](N)(Cc1ccc(O)c(O)c1)C(=O)OCCN1C(=O)c2ccccc2C1=O. The van der Waals surface area contributed by atoms with Crippen molar-refractivity contribution < 1.29 is 29.3 Å². The topological polar surface area (TPSA) is 130 Å². The summed E-state index contributed by atoms with van der Waals surface area (Å²) in [6, 6.07) is 10.6. The molecule has 1 aliphatic rings. The van der Waals surface area contributed by atoms with Crippen LogP contribution in [0.15, 0.2) is 42.5 Å². The van der Waals surface area contributed by atoms with Gasteiger partial charge >= 0.3 is 5.97 Å². The van der Waals surface area contributed by atoms with E-state index in [-0.39, 0.29) is 31.1 Å². The van der Waals surface area contributed by atoms with Crippen molar-refractivity contribution in [2.24, 2.45) is 5.73 Å². The molecule has 0 unspecified atom stereocenters. The molecule has 1 heterocycles. The van der Waals surface area contributed by atoms with Crippen LogP contribution in [-0.4, -0.2) is 51.6 Å². The van der Waals surface area contributed by atoms with Crippen molar-refractivity contribution in [3.8, 4) is 11.5 Å². The minimum Gasteiger partial charge on any atom is -0.504 e. The Morgan fingerprint density at radius 1 is 1.07 bits per heavy atom. The van der Waals surface area contributed by atoms with Gasteiger partial charge in [-0.25, -0.2) is 0 Å². The number of ether oxygens (including phenoxy) is 1. The zero-order valence-electron chi connectivity index (χ0n) is 15.2. The lowest BCUT2D eigenvalue weighted by Gasteiger charge is -2.23. The molecule has 0 saturated carbocycles. The number of esters is 1. The Kier molecular flexibility index (Phi) is 5.06. The van der Waals surface area contributed by atoms with E-state index in [1.54, 1.807) is 24.3 Å². The monoisotopic (exact) mass is 384 g/mol. The van der Waals surface area contributed by atoms with Gasteiger partial charge in [0.25, 0.3) is 11.8 Å². The average Bonchev–Trinajstić information content (AvgIpc) is 2.89. The number of hydrogen-bond donors (Lipinski definition) is 3. The van der Waals surface area contributed by atoms with E-state index in [9.17, 15) is 24.6 Å². The number of carbonyl (C=O) groups excluding carboxylic acids is 3. The highest BCUT2D eigenvalue weighted by Crippen LogP contribution is 2.27. The van der Waals surface area contributed by atoms with Gasteiger partial charge in [-0.2, -0.15) is 0 Å². The third-order valence-electron chi connectivity index (χ3n) is 4.50. The normalized spacial score (nSPS) is 15.3. The van der Waals surface area contributed by atoms with Crippen LogP contribution in [0.3, 0.4) is 0 Å². The number of carbonyl (C=O) groups is 3. The summed E-state index contributed by atoms with van der Waals surface area (Å²) in [4.78, 5) is 37.9. The molecule has 0 aromatic heterocycles. The number of benzene rings is 2. The van der Waals surface area contributed by atoms with Crippen LogP contribution in [0.5, 0.6) is 11.5 Å². The van der Waals surface area contributed by atoms with Crippen LogP contribution in [0, 0.1) is 0 Å². The molecule has 8 nitrogen and oxygen atoms in total. The highest BCUT2D eigenvalue weighted by Gasteiger charge is 2.36. The molecule has 0 spiro atoms. The Morgan fingerprint density at radius 3 is 2.25 bits per heavy atom. The Balaban J connectivity index is 1.57. The summed E-state index contributed by atoms with van der Waals surface area (Å²) >= 11 is 0. The maximum atomic E-state index is 12.3. The first kappa shape index (κ1) is 19.4. The molecule has 0 aliphatic carbocycles. The van der Waals surface area contributed by atoms with E-state index in [0.29, 0.717) is 16.7 Å². The Bertz CT molecular complexity index is 918. The summed E-state index contributed by atoms with van der Waals surface area (Å²) in [7, 11) is 0. The number of fused-ring (bicyclic) bond motifs is 1. The van der Waals surface area contributed by atoms with Crippen LogP contribution in [0.25, 0.3) is 0 Å². The lowest BCUT2D eigenvalue weighted by molar-refractivity contribution is -0.149. The fraction of sp³-hybridized carbons (Fsp3) is 0.250. The first-order chi connectivity index (χ1) is 13.2. The summed E-state index contributed by atoms with van der Waals surface area (Å²) in [5.41, 5.74) is 5.83. The number of amides is 2. The number of phenolic OH excluding ortho intramolecular Hbond substituents is 2. The fourth-order valence-corrected chi connectivity index (χ4v) is 3.01. The Labute approximate surface area is 161 Å². The molecule has 3 rings (SSSR count). The second-order valence-corrected chi connectivity index (χ2v) is 6.86. The highest BCUT2D eigenvalue weighted by atomic mass is 16.5. The van der Waals surface area contributed by atoms with E-state index in [0.717, 1.165) is 4.90 Å². The van der Waals surface area contributed by atoms with Gasteiger partial charge in [0.05, 0.1) is 17.7 Å². The van der Waals surface area contributed by atoms with Crippen molar-refractivity contribution in [2.45, 2.75) is 18.9 Å². The highest BCUT2D eigenvalue weighted by molar-refractivity contribution is 6.21. The predicted octanol–water partition coefficient (Wildman–Crippen LogP) is 1.20. The van der Waals surface area contributed by atoms with Crippen LogP contribution in [0.2, 0.25) is 0 Å². The first-order valence-electron chi connectivity index (χ1n) is 8.63. The third-order valence-corrected chi connectivity index (χ3v) is 4.50. The molecule has 0 radical (unpaired) electrons. The molecule has 2 amide bonds. The summed E-state index contributed by atoms with van der Waals surface area (Å²) in [6.07, 6.45) is 0.0622. The van der Waals surface area contributed by atoms with Crippen molar-refractivity contribution in [3.05, 3.63) is 59.2 Å². The van der Waals surface area contributed by atoms with Gasteiger partial charge in [-0.05, 0) is 36.8 Å². The maximum absolute atomic E-state index is 12.3. The number of nitrogens with zero attached hydrogens (tertiary/aromatic N) is 1. The van der Waals surface area contributed by atoms with Crippen molar-refractivity contribution in [1.29, 1.82) is 0 Å². The van der Waals surface area contributed by atoms with Gasteiger partial charge in [-0.3, -0.25) is 19.3 Å². The first-order valence-corrected chi connectivity index (χ1v) is 8.63. The minimum atomic E-state index is -1.40. The van der Waals surface area contributed by atoms with Crippen molar-refractivity contribution in [2.75, 3.05) is 13.2 Å². The van der Waals surface area contributed by atoms with E-state index >= 15 is 0 Å². The quantitative estimate of drug-likeness (QED) is 0.387. The number of nitrogens with two attached hydrogens (primary N) is 1. The molecule has 1 atom stereocenters. The van der Waals surface area contributed by atoms with Gasteiger partial charge < -0.3 is 20.7 Å². The van der Waals surface area contributed by atoms with E-state index < -0.39 is 23.3 Å². The molecule has 2 aromatic carbocycles. The van der Waals surface area contributed by atoms with Gasteiger partial charge in [0.2, 0.25) is 0 Å². The van der Waals surface area contributed by atoms with E-state index in [4.69, 9.17) is 10.5 Å². The van der Waals surface area contributed by atoms with Gasteiger partial charge in [0, 0.05) is 6.42 Å². The Morgan fingerprint density at radius 2 is 1.68 bits per heavy atom. The summed E-state index contributed by atoms with van der Waals surface area (Å²) in [5, 5.41) is 18.9. The molecule has 0 fully saturated rings. The van der Waals surface area contributed by atoms with Gasteiger partial charge in [0.1, 0.15) is 12.1 Å². The number of phenols is 2. The average molecular weight is 384 g/mol. The van der Waals surface area contributed by atoms with Crippen LogP contribution >= 0.6 is 0 Å². The van der Waals surface area contributed by atoms with Crippen molar-refractivity contribution in [1.82, 2.24) is 4.90 Å². The molecule has 146 valence electrons. The summed E-state index contributed by atoms with van der Waals surface area (Å²) < 4.78 is 5.17. The smallest absolute Gasteiger partial charge is 0.326 e. The van der Waals surface area contributed by atoms with E-state index in [1.165, 1.54) is 25.1 Å². The molecular weight excluding hydrogens is 364 g/mol. The van der Waals surface area contributed by atoms with Crippen molar-refractivity contribution >= 4 is 17.8 Å². The van der Waals surface area contributed by atoms with Crippen molar-refractivity contribution in [3.63, 3.8) is 0 Å². The second kappa shape index (κ2) is 7.32. The molecule has 2 aromatic rings. The molecular formula is C20H20N2O6.